The summed E-state index contributed by atoms with van der Waals surface area (Å²) in [5.74, 6) is 0.746. The maximum Gasteiger partial charge on any atom is 0.139 e. The van der Waals surface area contributed by atoms with E-state index in [0.29, 0.717) is 12.1 Å². The van der Waals surface area contributed by atoms with Crippen molar-refractivity contribution in [1.29, 1.82) is 5.41 Å². The van der Waals surface area contributed by atoms with Gasteiger partial charge in [0, 0.05) is 17.6 Å². The molecule has 2 rings (SSSR count). The van der Waals surface area contributed by atoms with Crippen molar-refractivity contribution in [2.24, 2.45) is 5.73 Å². The smallest absolute Gasteiger partial charge is 0.139 e. The molecule has 0 spiro atoms. The number of thiophene rings is 1. The number of hydrogen-bond donors (Lipinski definition) is 2. The van der Waals surface area contributed by atoms with Crippen LogP contribution in [0.15, 0.2) is 24.3 Å². The lowest BCUT2D eigenvalue weighted by Gasteiger charge is -2.20. The van der Waals surface area contributed by atoms with Gasteiger partial charge < -0.3 is 10.6 Å². The molecule has 3 N–H and O–H groups in total. The van der Waals surface area contributed by atoms with E-state index in [1.54, 1.807) is 11.3 Å². The van der Waals surface area contributed by atoms with E-state index in [1.165, 1.54) is 0 Å². The van der Waals surface area contributed by atoms with Crippen LogP contribution in [-0.2, 0) is 6.54 Å². The number of nitrogens with zero attached hydrogens (tertiary/aromatic N) is 2. The molecular weight excluding hydrogens is 280 g/mol. The van der Waals surface area contributed by atoms with Gasteiger partial charge in [0.15, 0.2) is 0 Å². The Morgan fingerprint density at radius 2 is 2.16 bits per heavy atom. The number of nitrogen functional groups attached to an aromatic ring is 1. The zero-order valence-corrected chi connectivity index (χ0v) is 12.3. The quantitative estimate of drug-likeness (QED) is 0.673. The normalized spacial score (nSPS) is 10.5. The minimum Gasteiger partial charge on any atom is -0.384 e. The van der Waals surface area contributed by atoms with Crippen LogP contribution in [0.2, 0.25) is 4.34 Å². The highest BCUT2D eigenvalue weighted by Crippen LogP contribution is 2.25. The largest absolute Gasteiger partial charge is 0.384 e. The van der Waals surface area contributed by atoms with Crippen molar-refractivity contribution in [2.45, 2.75) is 13.5 Å². The summed E-state index contributed by atoms with van der Waals surface area (Å²) < 4.78 is 0.771. The van der Waals surface area contributed by atoms with Gasteiger partial charge in [0.05, 0.1) is 16.4 Å². The molecule has 100 valence electrons. The minimum atomic E-state index is 0.0264. The molecule has 2 heterocycles. The van der Waals surface area contributed by atoms with Gasteiger partial charge in [0.1, 0.15) is 11.7 Å². The van der Waals surface area contributed by atoms with Crippen molar-refractivity contribution in [3.05, 3.63) is 44.7 Å². The molecule has 2 aromatic heterocycles. The highest BCUT2D eigenvalue weighted by molar-refractivity contribution is 7.16. The Kier molecular flexibility index (Phi) is 4.07. The molecular formula is C13H15ClN4S. The summed E-state index contributed by atoms with van der Waals surface area (Å²) >= 11 is 7.47. The second-order valence-electron chi connectivity index (χ2n) is 4.30. The van der Waals surface area contributed by atoms with E-state index in [0.717, 1.165) is 20.7 Å². The third-order valence-electron chi connectivity index (χ3n) is 2.69. The van der Waals surface area contributed by atoms with Crippen LogP contribution in [0, 0.1) is 12.3 Å². The first kappa shape index (κ1) is 13.8. The molecule has 0 unspecified atom stereocenters. The van der Waals surface area contributed by atoms with E-state index in [9.17, 15) is 0 Å². The van der Waals surface area contributed by atoms with Crippen molar-refractivity contribution >= 4 is 34.6 Å². The van der Waals surface area contributed by atoms with Crippen molar-refractivity contribution < 1.29 is 0 Å². The molecule has 0 aliphatic rings. The molecule has 0 saturated carbocycles. The highest BCUT2D eigenvalue weighted by Gasteiger charge is 2.13. The maximum atomic E-state index is 7.62. The molecule has 4 nitrogen and oxygen atoms in total. The van der Waals surface area contributed by atoms with Gasteiger partial charge in [-0.25, -0.2) is 4.98 Å². The number of anilines is 1. The number of rotatable bonds is 4. The van der Waals surface area contributed by atoms with Gasteiger partial charge in [0.2, 0.25) is 0 Å². The van der Waals surface area contributed by atoms with Gasteiger partial charge in [-0.1, -0.05) is 11.6 Å². The summed E-state index contributed by atoms with van der Waals surface area (Å²) in [6.07, 6.45) is 0. The Morgan fingerprint density at radius 1 is 1.42 bits per heavy atom. The molecule has 0 bridgehead atoms. The van der Waals surface area contributed by atoms with E-state index in [2.05, 4.69) is 4.98 Å². The van der Waals surface area contributed by atoms with Gasteiger partial charge >= 0.3 is 0 Å². The zero-order chi connectivity index (χ0) is 14.0. The minimum absolute atomic E-state index is 0.0264. The second-order valence-corrected chi connectivity index (χ2v) is 6.10. The van der Waals surface area contributed by atoms with E-state index in [-0.39, 0.29) is 5.84 Å². The van der Waals surface area contributed by atoms with Crippen LogP contribution in [-0.4, -0.2) is 17.9 Å². The maximum absolute atomic E-state index is 7.62. The average Bonchev–Trinajstić information content (AvgIpc) is 2.74. The third-order valence-corrected chi connectivity index (χ3v) is 3.90. The third kappa shape index (κ3) is 3.24. The van der Waals surface area contributed by atoms with Crippen LogP contribution in [0.3, 0.4) is 0 Å². The van der Waals surface area contributed by atoms with Crippen LogP contribution in [0.4, 0.5) is 5.82 Å². The van der Waals surface area contributed by atoms with E-state index in [4.69, 9.17) is 22.7 Å². The SMILES string of the molecule is Cc1ccc(C(=N)N)c(N(C)Cc2ccc(Cl)s2)n1. The Hall–Kier alpha value is -1.59. The molecule has 6 heteroatoms. The molecule has 0 saturated heterocycles. The number of amidine groups is 1. The standard InChI is InChI=1S/C13H15ClN4S/c1-8-3-5-10(12(15)16)13(17-8)18(2)7-9-4-6-11(14)19-9/h3-6H,7H2,1-2H3,(H3,15,16). The van der Waals surface area contributed by atoms with Gasteiger partial charge in [-0.05, 0) is 31.2 Å². The van der Waals surface area contributed by atoms with Crippen LogP contribution in [0.1, 0.15) is 16.1 Å². The van der Waals surface area contributed by atoms with Crippen molar-refractivity contribution in [3.63, 3.8) is 0 Å². The molecule has 0 amide bonds. The van der Waals surface area contributed by atoms with Gasteiger partial charge in [0.25, 0.3) is 0 Å². The summed E-state index contributed by atoms with van der Waals surface area (Å²) in [7, 11) is 1.93. The predicted molar refractivity (Wildman–Crippen MR) is 81.4 cm³/mol. The topological polar surface area (TPSA) is 66.0 Å². The molecule has 0 fully saturated rings. The second kappa shape index (κ2) is 5.59. The monoisotopic (exact) mass is 294 g/mol. The fourth-order valence-corrected chi connectivity index (χ4v) is 2.93. The first-order chi connectivity index (χ1) is 8.97. The average molecular weight is 295 g/mol. The van der Waals surface area contributed by atoms with Gasteiger partial charge in [-0.3, -0.25) is 5.41 Å². The predicted octanol–water partition coefficient (Wildman–Crippen LogP) is 3.03. The van der Waals surface area contributed by atoms with Gasteiger partial charge in [-0.15, -0.1) is 11.3 Å². The molecule has 0 aromatic carbocycles. The summed E-state index contributed by atoms with van der Waals surface area (Å²) in [5.41, 5.74) is 7.15. The molecule has 0 radical (unpaired) electrons. The van der Waals surface area contributed by atoms with Crippen molar-refractivity contribution in [3.8, 4) is 0 Å². The zero-order valence-electron chi connectivity index (χ0n) is 10.8. The van der Waals surface area contributed by atoms with Crippen LogP contribution >= 0.6 is 22.9 Å². The number of pyridine rings is 1. The molecule has 2 aromatic rings. The summed E-state index contributed by atoms with van der Waals surface area (Å²) in [6.45, 7) is 2.61. The number of hydrogen-bond acceptors (Lipinski definition) is 4. The fourth-order valence-electron chi connectivity index (χ4n) is 1.79. The van der Waals surface area contributed by atoms with Crippen molar-refractivity contribution in [2.75, 3.05) is 11.9 Å². The Bertz CT molecular complexity index is 608. The summed E-state index contributed by atoms with van der Waals surface area (Å²) in [4.78, 5) is 7.60. The number of halogens is 1. The Labute approximate surface area is 121 Å². The lowest BCUT2D eigenvalue weighted by atomic mass is 10.2. The fraction of sp³-hybridized carbons (Fsp3) is 0.231. The molecule has 0 atom stereocenters. The van der Waals surface area contributed by atoms with Crippen LogP contribution < -0.4 is 10.6 Å². The lowest BCUT2D eigenvalue weighted by Crippen LogP contribution is -2.23. The number of nitrogens with two attached hydrogens (primary N) is 1. The molecule has 0 aliphatic carbocycles. The summed E-state index contributed by atoms with van der Waals surface area (Å²) in [6, 6.07) is 7.56. The first-order valence-corrected chi connectivity index (χ1v) is 6.94. The first-order valence-electron chi connectivity index (χ1n) is 5.75. The lowest BCUT2D eigenvalue weighted by molar-refractivity contribution is 0.903. The molecule has 0 aliphatic heterocycles. The number of aryl methyl sites for hydroxylation is 1. The highest BCUT2D eigenvalue weighted by atomic mass is 35.5. The van der Waals surface area contributed by atoms with E-state index >= 15 is 0 Å². The van der Waals surface area contributed by atoms with Crippen LogP contribution in [0.5, 0.6) is 0 Å². The molecule has 19 heavy (non-hydrogen) atoms. The Morgan fingerprint density at radius 3 is 2.74 bits per heavy atom. The van der Waals surface area contributed by atoms with Gasteiger partial charge in [-0.2, -0.15) is 0 Å². The number of nitrogens with one attached hydrogen (secondary N) is 1. The van der Waals surface area contributed by atoms with E-state index < -0.39 is 0 Å². The Balaban J connectivity index is 2.29. The summed E-state index contributed by atoms with van der Waals surface area (Å²) in [5, 5.41) is 7.62. The number of aromatic nitrogens is 1. The van der Waals surface area contributed by atoms with E-state index in [1.807, 2.05) is 43.1 Å². The van der Waals surface area contributed by atoms with Crippen LogP contribution in [0.25, 0.3) is 0 Å². The van der Waals surface area contributed by atoms with Crippen molar-refractivity contribution in [1.82, 2.24) is 4.98 Å².